The summed E-state index contributed by atoms with van der Waals surface area (Å²) in [5.74, 6) is 0. The molecule has 3 radical (unpaired) electrons. The zero-order chi connectivity index (χ0) is 16.1. The Kier molecular flexibility index (Phi) is 5.95. The second-order valence-electron chi connectivity index (χ2n) is 6.20. The van der Waals surface area contributed by atoms with Crippen molar-refractivity contribution in [1.82, 2.24) is 9.80 Å². The molecule has 0 saturated heterocycles. The third-order valence-corrected chi connectivity index (χ3v) is 5.72. The molecule has 0 N–H and O–H groups in total. The predicted molar refractivity (Wildman–Crippen MR) is 97.0 cm³/mol. The van der Waals surface area contributed by atoms with Gasteiger partial charge in [-0.3, -0.25) is 0 Å². The summed E-state index contributed by atoms with van der Waals surface area (Å²) in [7, 11) is 7.14. The molecule has 0 heterocycles. The molecule has 2 nitrogen and oxygen atoms in total. The summed E-state index contributed by atoms with van der Waals surface area (Å²) < 4.78 is 0. The molecule has 2 aromatic rings. The highest BCUT2D eigenvalue weighted by Gasteiger charge is 2.18. The molecule has 3 heteroatoms. The van der Waals surface area contributed by atoms with Gasteiger partial charge in [0, 0.05) is 13.1 Å². The fraction of sp³-hybridized carbons (Fsp3) is 0.316. The Bertz CT molecular complexity index is 554. The van der Waals surface area contributed by atoms with E-state index in [2.05, 4.69) is 86.5 Å². The van der Waals surface area contributed by atoms with Gasteiger partial charge >= 0.3 is 0 Å². The standard InChI is InChI=1S/C19H25N2Si/c1-20(2)14-16-10-6-8-12-18(16)22(5)19-13-9-7-11-17(19)15-21(3)4/h5-13H,14-15H2,1-4H3. The molecule has 0 unspecified atom stereocenters. The van der Waals surface area contributed by atoms with E-state index in [1.807, 2.05) is 0 Å². The van der Waals surface area contributed by atoms with E-state index in [9.17, 15) is 0 Å². The predicted octanol–water partition coefficient (Wildman–Crippen LogP) is 1.67. The quantitative estimate of drug-likeness (QED) is 0.749. The Morgan fingerprint density at radius 1 is 0.727 bits per heavy atom. The molecule has 22 heavy (non-hydrogen) atoms. The Morgan fingerprint density at radius 2 is 1.09 bits per heavy atom. The molecule has 0 atom stereocenters. The number of benzene rings is 2. The molecule has 0 saturated carbocycles. The summed E-state index contributed by atoms with van der Waals surface area (Å²) in [6, 6.07) is 17.2. The van der Waals surface area contributed by atoms with Gasteiger partial charge in [-0.05, 0) is 45.9 Å². The van der Waals surface area contributed by atoms with Crippen LogP contribution in [-0.4, -0.2) is 46.8 Å². The van der Waals surface area contributed by atoms with Gasteiger partial charge < -0.3 is 9.80 Å². The van der Waals surface area contributed by atoms with E-state index in [4.69, 9.17) is 6.55 Å². The van der Waals surface area contributed by atoms with Gasteiger partial charge in [-0.1, -0.05) is 58.9 Å². The molecular formula is C19H25N2Si. The van der Waals surface area contributed by atoms with E-state index in [0.717, 1.165) is 13.1 Å². The third kappa shape index (κ3) is 4.29. The molecule has 0 fully saturated rings. The van der Waals surface area contributed by atoms with Crippen molar-refractivity contribution in [1.29, 1.82) is 0 Å². The molecule has 0 spiro atoms. The molecule has 0 aliphatic rings. The fourth-order valence-corrected chi connectivity index (χ4v) is 4.53. The fourth-order valence-electron chi connectivity index (χ4n) is 2.67. The molecule has 115 valence electrons. The van der Waals surface area contributed by atoms with Gasteiger partial charge in [-0.25, -0.2) is 0 Å². The zero-order valence-corrected chi connectivity index (χ0v) is 15.0. The maximum Gasteiger partial charge on any atom is 0.125 e. The van der Waals surface area contributed by atoms with E-state index in [1.54, 1.807) is 0 Å². The summed E-state index contributed by atoms with van der Waals surface area (Å²) in [4.78, 5) is 4.39. The monoisotopic (exact) mass is 309 g/mol. The lowest BCUT2D eigenvalue weighted by Crippen LogP contribution is -2.44. The van der Waals surface area contributed by atoms with E-state index in [0.29, 0.717) is 0 Å². The van der Waals surface area contributed by atoms with Gasteiger partial charge in [0.2, 0.25) is 0 Å². The minimum Gasteiger partial charge on any atom is -0.305 e. The maximum atomic E-state index is 6.73. The van der Waals surface area contributed by atoms with E-state index < -0.39 is 8.80 Å². The Labute approximate surface area is 137 Å². The normalized spacial score (nSPS) is 11.6. The topological polar surface area (TPSA) is 6.48 Å². The first kappa shape index (κ1) is 16.9. The van der Waals surface area contributed by atoms with Crippen molar-refractivity contribution in [2.75, 3.05) is 28.2 Å². The van der Waals surface area contributed by atoms with Crippen molar-refractivity contribution in [2.24, 2.45) is 0 Å². The van der Waals surface area contributed by atoms with Crippen molar-refractivity contribution in [3.05, 3.63) is 66.2 Å². The van der Waals surface area contributed by atoms with Crippen molar-refractivity contribution >= 4 is 19.2 Å². The van der Waals surface area contributed by atoms with Crippen molar-refractivity contribution in [3.63, 3.8) is 0 Å². The summed E-state index contributed by atoms with van der Waals surface area (Å²) in [6.07, 6.45) is 0. The highest BCUT2D eigenvalue weighted by molar-refractivity contribution is 6.87. The summed E-state index contributed by atoms with van der Waals surface area (Å²) in [5.41, 5.74) is 2.67. The lowest BCUT2D eigenvalue weighted by atomic mass is 10.2. The third-order valence-electron chi connectivity index (χ3n) is 3.59. The van der Waals surface area contributed by atoms with Crippen LogP contribution >= 0.6 is 0 Å². The summed E-state index contributed by atoms with van der Waals surface area (Å²) >= 11 is 0. The van der Waals surface area contributed by atoms with Gasteiger partial charge in [-0.2, -0.15) is 0 Å². The van der Waals surface area contributed by atoms with Crippen molar-refractivity contribution < 1.29 is 0 Å². The Balaban J connectivity index is 2.38. The van der Waals surface area contributed by atoms with E-state index >= 15 is 0 Å². The van der Waals surface area contributed by atoms with E-state index in [1.165, 1.54) is 21.5 Å². The molecular weight excluding hydrogens is 284 g/mol. The summed E-state index contributed by atoms with van der Waals surface area (Å²) in [5, 5.41) is 2.62. The molecule has 0 amide bonds. The minimum atomic E-state index is -1.25. The number of hydrogen-bond acceptors (Lipinski definition) is 2. The van der Waals surface area contributed by atoms with Crippen LogP contribution in [0.3, 0.4) is 0 Å². The minimum absolute atomic E-state index is 0.928. The van der Waals surface area contributed by atoms with Gasteiger partial charge in [0.05, 0.1) is 0 Å². The second kappa shape index (κ2) is 7.72. The smallest absolute Gasteiger partial charge is 0.125 e. The van der Waals surface area contributed by atoms with Crippen LogP contribution in [-0.2, 0) is 13.1 Å². The van der Waals surface area contributed by atoms with Crippen LogP contribution in [0.4, 0.5) is 0 Å². The summed E-state index contributed by atoms with van der Waals surface area (Å²) in [6.45, 7) is 8.59. The molecule has 2 aromatic carbocycles. The number of rotatable bonds is 6. The van der Waals surface area contributed by atoms with Crippen LogP contribution < -0.4 is 10.4 Å². The molecule has 0 aromatic heterocycles. The maximum absolute atomic E-state index is 6.73. The highest BCUT2D eigenvalue weighted by Crippen LogP contribution is 2.05. The molecule has 0 aliphatic carbocycles. The lowest BCUT2D eigenvalue weighted by Gasteiger charge is -2.21. The average Bonchev–Trinajstić information content (AvgIpc) is 2.46. The van der Waals surface area contributed by atoms with Gasteiger partial charge in [0.25, 0.3) is 0 Å². The average molecular weight is 310 g/mol. The van der Waals surface area contributed by atoms with Crippen LogP contribution in [0.2, 0.25) is 0 Å². The van der Waals surface area contributed by atoms with Gasteiger partial charge in [0.15, 0.2) is 0 Å². The number of hydrogen-bond donors (Lipinski definition) is 0. The first-order valence-corrected chi connectivity index (χ1v) is 9.15. The molecule has 0 bridgehead atoms. The van der Waals surface area contributed by atoms with E-state index in [-0.39, 0.29) is 0 Å². The Morgan fingerprint density at radius 3 is 1.45 bits per heavy atom. The highest BCUT2D eigenvalue weighted by atomic mass is 28.3. The zero-order valence-electron chi connectivity index (χ0n) is 14.0. The molecule has 0 aliphatic heterocycles. The SMILES string of the molecule is [CH][Si](c1ccccc1CN(C)C)c1ccccc1CN(C)C. The van der Waals surface area contributed by atoms with Crippen LogP contribution in [0.15, 0.2) is 48.5 Å². The van der Waals surface area contributed by atoms with Crippen LogP contribution in [0.5, 0.6) is 0 Å². The second-order valence-corrected chi connectivity index (χ2v) is 8.11. The first-order valence-electron chi connectivity index (χ1n) is 7.57. The number of nitrogens with zero attached hydrogens (tertiary/aromatic N) is 2. The van der Waals surface area contributed by atoms with Crippen molar-refractivity contribution in [2.45, 2.75) is 13.1 Å². The lowest BCUT2D eigenvalue weighted by molar-refractivity contribution is 0.403. The van der Waals surface area contributed by atoms with Crippen LogP contribution in [0.1, 0.15) is 11.1 Å². The largest absolute Gasteiger partial charge is 0.305 e. The van der Waals surface area contributed by atoms with Gasteiger partial charge in [0.1, 0.15) is 8.80 Å². The Hall–Kier alpha value is -1.42. The first-order chi connectivity index (χ1) is 10.5. The van der Waals surface area contributed by atoms with Gasteiger partial charge in [-0.15, -0.1) is 0 Å². The van der Waals surface area contributed by atoms with Crippen molar-refractivity contribution in [3.8, 4) is 0 Å². The van der Waals surface area contributed by atoms with Crippen LogP contribution in [0, 0.1) is 6.55 Å². The van der Waals surface area contributed by atoms with Crippen LogP contribution in [0.25, 0.3) is 0 Å². The molecule has 2 rings (SSSR count).